The minimum absolute atomic E-state index is 0.0785. The minimum atomic E-state index is -2.03. The highest BCUT2D eigenvalue weighted by molar-refractivity contribution is 6.04. The summed E-state index contributed by atoms with van der Waals surface area (Å²) in [4.78, 5) is 33.9. The first-order valence-corrected chi connectivity index (χ1v) is 4.92. The summed E-state index contributed by atoms with van der Waals surface area (Å²) in [6.07, 6.45) is 0. The van der Waals surface area contributed by atoms with Crippen molar-refractivity contribution in [3.05, 3.63) is 0 Å². The van der Waals surface area contributed by atoms with Gasteiger partial charge in [-0.1, -0.05) is 0 Å². The first kappa shape index (κ1) is 14.4. The number of ether oxygens (including phenoxy) is 3. The zero-order chi connectivity index (χ0) is 12.8. The van der Waals surface area contributed by atoms with Crippen LogP contribution < -0.4 is 0 Å². The molecule has 92 valence electrons. The lowest BCUT2D eigenvalue weighted by Gasteiger charge is -2.24. The summed E-state index contributed by atoms with van der Waals surface area (Å²) in [5, 5.41) is 0. The molecule has 0 aliphatic rings. The van der Waals surface area contributed by atoms with Gasteiger partial charge in [0.2, 0.25) is 0 Å². The Labute approximate surface area is 93.8 Å². The van der Waals surface area contributed by atoms with Crippen LogP contribution >= 0.6 is 0 Å². The standard InChI is InChI=1S/C10H16O6/c1-5-14-8(12)10(4,16-7(3)11)9(13)15-6-2/h5-6H2,1-4H3. The predicted octanol–water partition coefficient (Wildman–Crippen LogP) is 0.434. The van der Waals surface area contributed by atoms with Crippen molar-refractivity contribution in [3.63, 3.8) is 0 Å². The molecule has 0 fully saturated rings. The maximum atomic E-state index is 11.5. The second kappa shape index (κ2) is 6.09. The van der Waals surface area contributed by atoms with Gasteiger partial charge < -0.3 is 14.2 Å². The van der Waals surface area contributed by atoms with E-state index in [1.54, 1.807) is 13.8 Å². The van der Waals surface area contributed by atoms with E-state index < -0.39 is 23.5 Å². The number of rotatable bonds is 5. The van der Waals surface area contributed by atoms with Gasteiger partial charge in [-0.2, -0.15) is 0 Å². The van der Waals surface area contributed by atoms with Gasteiger partial charge in [-0.3, -0.25) is 4.79 Å². The summed E-state index contributed by atoms with van der Waals surface area (Å²) in [5.74, 6) is -2.64. The molecule has 6 nitrogen and oxygen atoms in total. The third-order valence-electron chi connectivity index (χ3n) is 1.68. The Hall–Kier alpha value is -1.59. The molecular formula is C10H16O6. The lowest BCUT2D eigenvalue weighted by atomic mass is 10.1. The maximum absolute atomic E-state index is 11.5. The highest BCUT2D eigenvalue weighted by Gasteiger charge is 2.48. The van der Waals surface area contributed by atoms with E-state index in [2.05, 4.69) is 14.2 Å². The van der Waals surface area contributed by atoms with Crippen LogP contribution in [0.25, 0.3) is 0 Å². The number of carbonyl (C=O) groups excluding carboxylic acids is 3. The summed E-state index contributed by atoms with van der Waals surface area (Å²) < 4.78 is 14.0. The van der Waals surface area contributed by atoms with Gasteiger partial charge in [0.05, 0.1) is 13.2 Å². The summed E-state index contributed by atoms with van der Waals surface area (Å²) >= 11 is 0. The lowest BCUT2D eigenvalue weighted by Crippen LogP contribution is -2.49. The Morgan fingerprint density at radius 1 is 1.00 bits per heavy atom. The summed E-state index contributed by atoms with van der Waals surface area (Å²) in [7, 11) is 0. The molecule has 0 amide bonds. The molecule has 0 unspecified atom stereocenters. The molecule has 0 N–H and O–H groups in total. The van der Waals surface area contributed by atoms with E-state index in [4.69, 9.17) is 0 Å². The minimum Gasteiger partial charge on any atom is -0.463 e. The quantitative estimate of drug-likeness (QED) is 0.388. The summed E-state index contributed by atoms with van der Waals surface area (Å²) in [6.45, 7) is 5.56. The van der Waals surface area contributed by atoms with Crippen LogP contribution in [0.15, 0.2) is 0 Å². The summed E-state index contributed by atoms with van der Waals surface area (Å²) in [6, 6.07) is 0. The van der Waals surface area contributed by atoms with Crippen LogP contribution in [0, 0.1) is 0 Å². The van der Waals surface area contributed by atoms with E-state index in [-0.39, 0.29) is 13.2 Å². The Bertz CT molecular complexity index is 265. The predicted molar refractivity (Wildman–Crippen MR) is 53.4 cm³/mol. The molecule has 0 saturated heterocycles. The van der Waals surface area contributed by atoms with Crippen molar-refractivity contribution in [2.24, 2.45) is 0 Å². The first-order valence-electron chi connectivity index (χ1n) is 4.92. The SMILES string of the molecule is CCOC(=O)C(C)(OC(C)=O)C(=O)OCC. The Morgan fingerprint density at radius 2 is 1.38 bits per heavy atom. The molecule has 0 saturated carbocycles. The van der Waals surface area contributed by atoms with Gasteiger partial charge >= 0.3 is 23.5 Å². The molecule has 16 heavy (non-hydrogen) atoms. The fraction of sp³-hybridized carbons (Fsp3) is 0.700. The van der Waals surface area contributed by atoms with Crippen molar-refractivity contribution >= 4 is 17.9 Å². The maximum Gasteiger partial charge on any atom is 0.362 e. The van der Waals surface area contributed by atoms with Crippen LogP contribution in [-0.4, -0.2) is 36.7 Å². The van der Waals surface area contributed by atoms with E-state index in [1.165, 1.54) is 0 Å². The van der Waals surface area contributed by atoms with Crippen molar-refractivity contribution in [2.45, 2.75) is 33.3 Å². The largest absolute Gasteiger partial charge is 0.463 e. The molecule has 0 aromatic carbocycles. The molecule has 0 rings (SSSR count). The fourth-order valence-corrected chi connectivity index (χ4v) is 0.992. The topological polar surface area (TPSA) is 78.9 Å². The number of carbonyl (C=O) groups is 3. The van der Waals surface area contributed by atoms with Crippen LogP contribution in [0.4, 0.5) is 0 Å². The second-order valence-electron chi connectivity index (χ2n) is 3.07. The van der Waals surface area contributed by atoms with Crippen molar-refractivity contribution in [1.29, 1.82) is 0 Å². The van der Waals surface area contributed by atoms with Crippen molar-refractivity contribution in [2.75, 3.05) is 13.2 Å². The van der Waals surface area contributed by atoms with E-state index >= 15 is 0 Å². The zero-order valence-electron chi connectivity index (χ0n) is 9.86. The Kier molecular flexibility index (Phi) is 5.49. The fourth-order valence-electron chi connectivity index (χ4n) is 0.992. The molecule has 0 bridgehead atoms. The van der Waals surface area contributed by atoms with Crippen LogP contribution in [-0.2, 0) is 28.6 Å². The Morgan fingerprint density at radius 3 is 1.62 bits per heavy atom. The zero-order valence-corrected chi connectivity index (χ0v) is 9.86. The smallest absolute Gasteiger partial charge is 0.362 e. The van der Waals surface area contributed by atoms with Gasteiger partial charge in [-0.25, -0.2) is 9.59 Å². The molecular weight excluding hydrogens is 216 g/mol. The van der Waals surface area contributed by atoms with E-state index in [9.17, 15) is 14.4 Å². The van der Waals surface area contributed by atoms with Crippen molar-refractivity contribution in [3.8, 4) is 0 Å². The average molecular weight is 232 g/mol. The van der Waals surface area contributed by atoms with Gasteiger partial charge in [0, 0.05) is 6.92 Å². The van der Waals surface area contributed by atoms with E-state index in [0.29, 0.717) is 0 Å². The number of esters is 3. The molecule has 0 aliphatic heterocycles. The van der Waals surface area contributed by atoms with E-state index in [0.717, 1.165) is 13.8 Å². The molecule has 0 radical (unpaired) electrons. The first-order chi connectivity index (χ1) is 7.38. The second-order valence-corrected chi connectivity index (χ2v) is 3.07. The molecule has 0 aromatic rings. The van der Waals surface area contributed by atoms with Gasteiger partial charge in [-0.15, -0.1) is 0 Å². The van der Waals surface area contributed by atoms with Crippen LogP contribution in [0.5, 0.6) is 0 Å². The van der Waals surface area contributed by atoms with Crippen LogP contribution in [0.3, 0.4) is 0 Å². The van der Waals surface area contributed by atoms with Gasteiger partial charge in [0.1, 0.15) is 0 Å². The third-order valence-corrected chi connectivity index (χ3v) is 1.68. The van der Waals surface area contributed by atoms with E-state index in [1.807, 2.05) is 0 Å². The monoisotopic (exact) mass is 232 g/mol. The molecule has 6 heteroatoms. The van der Waals surface area contributed by atoms with Gasteiger partial charge in [0.15, 0.2) is 0 Å². The molecule has 0 heterocycles. The van der Waals surface area contributed by atoms with Crippen molar-refractivity contribution < 1.29 is 28.6 Å². The normalized spacial score (nSPS) is 10.5. The van der Waals surface area contributed by atoms with Gasteiger partial charge in [-0.05, 0) is 20.8 Å². The molecule has 0 atom stereocenters. The number of hydrogen-bond donors (Lipinski definition) is 0. The summed E-state index contributed by atoms with van der Waals surface area (Å²) in [5.41, 5.74) is -2.03. The molecule has 0 aromatic heterocycles. The molecule has 0 spiro atoms. The van der Waals surface area contributed by atoms with Crippen LogP contribution in [0.1, 0.15) is 27.7 Å². The third kappa shape index (κ3) is 3.52. The molecule has 0 aliphatic carbocycles. The Balaban J connectivity index is 4.93. The van der Waals surface area contributed by atoms with Crippen LogP contribution in [0.2, 0.25) is 0 Å². The van der Waals surface area contributed by atoms with Crippen molar-refractivity contribution in [1.82, 2.24) is 0 Å². The number of hydrogen-bond acceptors (Lipinski definition) is 6. The lowest BCUT2D eigenvalue weighted by molar-refractivity contribution is -0.193. The highest BCUT2D eigenvalue weighted by Crippen LogP contribution is 2.16. The average Bonchev–Trinajstić information content (AvgIpc) is 2.17. The highest BCUT2D eigenvalue weighted by atomic mass is 16.6. The van der Waals surface area contributed by atoms with Gasteiger partial charge in [0.25, 0.3) is 0 Å².